The van der Waals surface area contributed by atoms with Crippen LogP contribution in [0.1, 0.15) is 62.5 Å². The van der Waals surface area contributed by atoms with Crippen LogP contribution < -0.4 is 11.1 Å². The van der Waals surface area contributed by atoms with Gasteiger partial charge in [-0.3, -0.25) is 9.59 Å². The fourth-order valence-electron chi connectivity index (χ4n) is 4.31. The number of carbonyl (C=O) groups excluding carboxylic acids is 2. The smallest absolute Gasteiger partial charge is 0.222 e. The average molecular weight is 357 g/mol. The first-order valence-corrected chi connectivity index (χ1v) is 9.93. The summed E-state index contributed by atoms with van der Waals surface area (Å²) in [5.41, 5.74) is 8.20. The molecule has 0 spiro atoms. The molecule has 2 aliphatic rings. The van der Waals surface area contributed by atoms with Crippen molar-refractivity contribution in [3.05, 3.63) is 35.4 Å². The van der Waals surface area contributed by atoms with Crippen LogP contribution in [0.4, 0.5) is 0 Å². The standard InChI is InChI=1S/C21H31N3O2/c22-16-21(10-4-1-5-11-21)13-19(25)23-14-17-7-2-3-8-18(17)15-24-12-6-9-20(24)26/h2-3,7-8H,1,4-6,9-16,22H2,(H,23,25). The Morgan fingerprint density at radius 2 is 1.85 bits per heavy atom. The lowest BCUT2D eigenvalue weighted by molar-refractivity contribution is -0.128. The molecule has 0 atom stereocenters. The molecular formula is C21H31N3O2. The van der Waals surface area contributed by atoms with Crippen molar-refractivity contribution in [2.45, 2.75) is 64.5 Å². The van der Waals surface area contributed by atoms with Gasteiger partial charge in [-0.05, 0) is 42.3 Å². The molecule has 0 bridgehead atoms. The highest BCUT2D eigenvalue weighted by Gasteiger charge is 2.32. The van der Waals surface area contributed by atoms with Gasteiger partial charge < -0.3 is 16.0 Å². The van der Waals surface area contributed by atoms with Gasteiger partial charge in [0, 0.05) is 32.5 Å². The molecule has 1 aliphatic heterocycles. The summed E-state index contributed by atoms with van der Waals surface area (Å²) in [5, 5.41) is 3.08. The highest BCUT2D eigenvalue weighted by Crippen LogP contribution is 2.38. The molecule has 1 aromatic rings. The van der Waals surface area contributed by atoms with Gasteiger partial charge in [0.1, 0.15) is 0 Å². The SMILES string of the molecule is NCC1(CC(=O)NCc2ccccc2CN2CCCC2=O)CCCCC1. The van der Waals surface area contributed by atoms with Crippen molar-refractivity contribution in [2.24, 2.45) is 11.1 Å². The van der Waals surface area contributed by atoms with Gasteiger partial charge in [0.2, 0.25) is 11.8 Å². The molecule has 0 aromatic heterocycles. The third kappa shape index (κ3) is 4.64. The number of likely N-dealkylation sites (tertiary alicyclic amines) is 1. The summed E-state index contributed by atoms with van der Waals surface area (Å²) in [5.74, 6) is 0.315. The second-order valence-electron chi connectivity index (χ2n) is 7.91. The molecular weight excluding hydrogens is 326 g/mol. The monoisotopic (exact) mass is 357 g/mol. The Morgan fingerprint density at radius 1 is 1.12 bits per heavy atom. The van der Waals surface area contributed by atoms with Crippen LogP contribution in [0, 0.1) is 5.41 Å². The third-order valence-electron chi connectivity index (χ3n) is 6.01. The van der Waals surface area contributed by atoms with E-state index in [4.69, 9.17) is 5.73 Å². The number of hydrogen-bond acceptors (Lipinski definition) is 3. The summed E-state index contributed by atoms with van der Waals surface area (Å²) < 4.78 is 0. The van der Waals surface area contributed by atoms with Gasteiger partial charge in [-0.2, -0.15) is 0 Å². The first-order valence-electron chi connectivity index (χ1n) is 9.93. The quantitative estimate of drug-likeness (QED) is 0.788. The summed E-state index contributed by atoms with van der Waals surface area (Å²) in [6.07, 6.45) is 7.85. The van der Waals surface area contributed by atoms with Crippen LogP contribution in [-0.4, -0.2) is 29.8 Å². The van der Waals surface area contributed by atoms with Gasteiger partial charge in [-0.1, -0.05) is 43.5 Å². The Morgan fingerprint density at radius 3 is 2.50 bits per heavy atom. The molecule has 5 nitrogen and oxygen atoms in total. The van der Waals surface area contributed by atoms with Crippen LogP contribution in [0.15, 0.2) is 24.3 Å². The number of rotatable bonds is 7. The maximum absolute atomic E-state index is 12.5. The minimum Gasteiger partial charge on any atom is -0.352 e. The van der Waals surface area contributed by atoms with E-state index in [1.54, 1.807) is 0 Å². The van der Waals surface area contributed by atoms with E-state index in [2.05, 4.69) is 11.4 Å². The average Bonchev–Trinajstić information content (AvgIpc) is 3.06. The Kier molecular flexibility index (Phi) is 6.30. The number of nitrogens with one attached hydrogen (secondary N) is 1. The highest BCUT2D eigenvalue weighted by atomic mass is 16.2. The van der Waals surface area contributed by atoms with Crippen LogP contribution in [0.25, 0.3) is 0 Å². The lowest BCUT2D eigenvalue weighted by Gasteiger charge is -2.35. The highest BCUT2D eigenvalue weighted by molar-refractivity contribution is 5.78. The lowest BCUT2D eigenvalue weighted by atomic mass is 9.71. The van der Waals surface area contributed by atoms with Crippen LogP contribution in [-0.2, 0) is 22.7 Å². The molecule has 0 radical (unpaired) electrons. The summed E-state index contributed by atoms with van der Waals surface area (Å²) in [6, 6.07) is 8.07. The van der Waals surface area contributed by atoms with Crippen molar-refractivity contribution in [1.29, 1.82) is 0 Å². The first-order chi connectivity index (χ1) is 12.6. The molecule has 5 heteroatoms. The molecule has 142 valence electrons. The lowest BCUT2D eigenvalue weighted by Crippen LogP contribution is -2.38. The molecule has 1 heterocycles. The van der Waals surface area contributed by atoms with Gasteiger partial charge in [0.25, 0.3) is 0 Å². The van der Waals surface area contributed by atoms with E-state index in [-0.39, 0.29) is 17.2 Å². The Balaban J connectivity index is 1.57. The zero-order valence-electron chi connectivity index (χ0n) is 15.6. The minimum absolute atomic E-state index is 0.0101. The number of benzene rings is 1. The van der Waals surface area contributed by atoms with Crippen LogP contribution in [0.3, 0.4) is 0 Å². The molecule has 3 N–H and O–H groups in total. The Hall–Kier alpha value is -1.88. The van der Waals surface area contributed by atoms with Crippen molar-refractivity contribution >= 4 is 11.8 Å². The van der Waals surface area contributed by atoms with E-state index in [0.29, 0.717) is 32.5 Å². The molecule has 0 unspecified atom stereocenters. The molecule has 1 saturated carbocycles. The predicted octanol–water partition coefficient (Wildman–Crippen LogP) is 2.72. The van der Waals surface area contributed by atoms with E-state index in [9.17, 15) is 9.59 Å². The molecule has 3 rings (SSSR count). The number of nitrogens with zero attached hydrogens (tertiary/aromatic N) is 1. The van der Waals surface area contributed by atoms with Crippen molar-refractivity contribution in [3.63, 3.8) is 0 Å². The van der Waals surface area contributed by atoms with E-state index in [1.165, 1.54) is 19.3 Å². The summed E-state index contributed by atoms with van der Waals surface area (Å²) in [7, 11) is 0. The summed E-state index contributed by atoms with van der Waals surface area (Å²) in [6.45, 7) is 2.57. The maximum Gasteiger partial charge on any atom is 0.222 e. The van der Waals surface area contributed by atoms with Crippen molar-refractivity contribution in [1.82, 2.24) is 10.2 Å². The topological polar surface area (TPSA) is 75.4 Å². The Bertz CT molecular complexity index is 638. The second-order valence-corrected chi connectivity index (χ2v) is 7.91. The van der Waals surface area contributed by atoms with Gasteiger partial charge in [-0.15, -0.1) is 0 Å². The third-order valence-corrected chi connectivity index (χ3v) is 6.01. The van der Waals surface area contributed by atoms with Gasteiger partial charge in [-0.25, -0.2) is 0 Å². The molecule has 1 aromatic carbocycles. The number of nitrogens with two attached hydrogens (primary N) is 1. The van der Waals surface area contributed by atoms with Crippen molar-refractivity contribution in [3.8, 4) is 0 Å². The molecule has 2 fully saturated rings. The zero-order chi connectivity index (χ0) is 18.4. The molecule has 1 saturated heterocycles. The van der Waals surface area contributed by atoms with Crippen molar-refractivity contribution < 1.29 is 9.59 Å². The Labute approximate surface area is 156 Å². The van der Waals surface area contributed by atoms with Gasteiger partial charge in [0.15, 0.2) is 0 Å². The number of amides is 2. The fourth-order valence-corrected chi connectivity index (χ4v) is 4.31. The molecule has 26 heavy (non-hydrogen) atoms. The van der Waals surface area contributed by atoms with E-state index in [0.717, 1.165) is 36.9 Å². The second kappa shape index (κ2) is 8.67. The normalized spacial score (nSPS) is 19.6. The van der Waals surface area contributed by atoms with Crippen LogP contribution in [0.2, 0.25) is 0 Å². The summed E-state index contributed by atoms with van der Waals surface area (Å²) >= 11 is 0. The van der Waals surface area contributed by atoms with E-state index in [1.807, 2.05) is 23.1 Å². The van der Waals surface area contributed by atoms with Gasteiger partial charge >= 0.3 is 0 Å². The number of hydrogen-bond donors (Lipinski definition) is 2. The fraction of sp³-hybridized carbons (Fsp3) is 0.619. The molecule has 2 amide bonds. The molecule has 1 aliphatic carbocycles. The minimum atomic E-state index is -0.0101. The van der Waals surface area contributed by atoms with E-state index >= 15 is 0 Å². The summed E-state index contributed by atoms with van der Waals surface area (Å²) in [4.78, 5) is 26.3. The van der Waals surface area contributed by atoms with Crippen LogP contribution in [0.5, 0.6) is 0 Å². The maximum atomic E-state index is 12.5. The first kappa shape index (κ1) is 18.9. The predicted molar refractivity (Wildman–Crippen MR) is 102 cm³/mol. The van der Waals surface area contributed by atoms with Crippen molar-refractivity contribution in [2.75, 3.05) is 13.1 Å². The van der Waals surface area contributed by atoms with Crippen LogP contribution >= 0.6 is 0 Å². The zero-order valence-corrected chi connectivity index (χ0v) is 15.6. The van der Waals surface area contributed by atoms with E-state index < -0.39 is 0 Å². The largest absolute Gasteiger partial charge is 0.352 e. The number of carbonyl (C=O) groups is 2. The van der Waals surface area contributed by atoms with Gasteiger partial charge in [0.05, 0.1) is 0 Å².